The number of aromatic nitrogens is 4. The van der Waals surface area contributed by atoms with Gasteiger partial charge in [-0.3, -0.25) is 0 Å². The molecule has 0 radical (unpaired) electrons. The van der Waals surface area contributed by atoms with Crippen molar-refractivity contribution in [3.8, 4) is 10.7 Å². The highest BCUT2D eigenvalue weighted by molar-refractivity contribution is 7.91. The molecule has 0 aliphatic heterocycles. The average Bonchev–Trinajstić information content (AvgIpc) is 3.01. The first-order chi connectivity index (χ1) is 8.59. The third-order valence-corrected chi connectivity index (χ3v) is 6.05. The number of nitrogens with one attached hydrogen (secondary N) is 1. The lowest BCUT2D eigenvalue weighted by atomic mass is 10.5. The van der Waals surface area contributed by atoms with Crippen LogP contribution in [0.1, 0.15) is 13.8 Å². The van der Waals surface area contributed by atoms with E-state index in [1.54, 1.807) is 12.1 Å². The lowest BCUT2D eigenvalue weighted by molar-refractivity contribution is 0.447. The van der Waals surface area contributed by atoms with Gasteiger partial charge in [-0.25, -0.2) is 8.42 Å². The van der Waals surface area contributed by atoms with Crippen molar-refractivity contribution in [2.24, 2.45) is 0 Å². The maximum atomic E-state index is 12.2. The number of H-pyrrole nitrogens is 1. The summed E-state index contributed by atoms with van der Waals surface area (Å²) in [5.74, 6) is 0.404. The van der Waals surface area contributed by atoms with E-state index in [0.717, 1.165) is 11.3 Å². The van der Waals surface area contributed by atoms with Gasteiger partial charge in [-0.2, -0.15) is 9.52 Å². The molecule has 98 valence electrons. The minimum atomic E-state index is -3.41. The summed E-state index contributed by atoms with van der Waals surface area (Å²) in [5.41, 5.74) is 0. The highest BCUT2D eigenvalue weighted by atomic mass is 32.2. The van der Waals surface area contributed by atoms with Crippen molar-refractivity contribution in [2.75, 3.05) is 13.1 Å². The van der Waals surface area contributed by atoms with Gasteiger partial charge in [0.05, 0.1) is 4.88 Å². The van der Waals surface area contributed by atoms with Gasteiger partial charge in [0.1, 0.15) is 4.21 Å². The SMILES string of the molecule is CCN(CC)S(=O)(=O)c1ccc(-c2nn[nH]n2)s1. The van der Waals surface area contributed by atoms with Gasteiger partial charge < -0.3 is 0 Å². The van der Waals surface area contributed by atoms with Crippen molar-refractivity contribution < 1.29 is 8.42 Å². The second-order valence-corrected chi connectivity index (χ2v) is 6.69. The molecule has 0 aromatic carbocycles. The summed E-state index contributed by atoms with van der Waals surface area (Å²) in [6.07, 6.45) is 0. The number of hydrogen-bond donors (Lipinski definition) is 1. The van der Waals surface area contributed by atoms with Gasteiger partial charge in [0.2, 0.25) is 5.82 Å². The van der Waals surface area contributed by atoms with Gasteiger partial charge in [0.25, 0.3) is 10.0 Å². The van der Waals surface area contributed by atoms with Crippen LogP contribution in [0.5, 0.6) is 0 Å². The normalized spacial score (nSPS) is 12.2. The molecule has 0 amide bonds. The molecule has 0 saturated heterocycles. The fraction of sp³-hybridized carbons (Fsp3) is 0.444. The molecule has 2 heterocycles. The quantitative estimate of drug-likeness (QED) is 0.884. The van der Waals surface area contributed by atoms with Crippen LogP contribution in [0.4, 0.5) is 0 Å². The highest BCUT2D eigenvalue weighted by Crippen LogP contribution is 2.29. The van der Waals surface area contributed by atoms with Crippen molar-refractivity contribution >= 4 is 21.4 Å². The first-order valence-corrected chi connectivity index (χ1v) is 7.69. The van der Waals surface area contributed by atoms with Crippen molar-refractivity contribution in [3.63, 3.8) is 0 Å². The number of rotatable bonds is 5. The summed E-state index contributed by atoms with van der Waals surface area (Å²) in [6.45, 7) is 4.53. The second kappa shape index (κ2) is 5.12. The van der Waals surface area contributed by atoms with Crippen molar-refractivity contribution in [2.45, 2.75) is 18.1 Å². The molecule has 0 saturated carbocycles. The Morgan fingerprint density at radius 1 is 1.33 bits per heavy atom. The number of sulfonamides is 1. The van der Waals surface area contributed by atoms with Crippen LogP contribution in [-0.2, 0) is 10.0 Å². The molecular weight excluding hydrogens is 274 g/mol. The van der Waals surface area contributed by atoms with Gasteiger partial charge in [-0.1, -0.05) is 13.8 Å². The molecule has 7 nitrogen and oxygen atoms in total. The standard InChI is InChI=1S/C9H13N5O2S2/c1-3-14(4-2)18(15,16)8-6-5-7(17-8)9-10-12-13-11-9/h5-6H,3-4H2,1-2H3,(H,10,11,12,13). The monoisotopic (exact) mass is 287 g/mol. The van der Waals surface area contributed by atoms with E-state index in [4.69, 9.17) is 0 Å². The molecule has 18 heavy (non-hydrogen) atoms. The first-order valence-electron chi connectivity index (χ1n) is 5.43. The Kier molecular flexibility index (Phi) is 3.73. The summed E-state index contributed by atoms with van der Waals surface area (Å²) in [5, 5.41) is 13.4. The fourth-order valence-corrected chi connectivity index (χ4v) is 4.38. The topological polar surface area (TPSA) is 91.8 Å². The maximum Gasteiger partial charge on any atom is 0.252 e. The molecule has 0 unspecified atom stereocenters. The molecule has 1 N–H and O–H groups in total. The van der Waals surface area contributed by atoms with Crippen LogP contribution in [0, 0.1) is 0 Å². The summed E-state index contributed by atoms with van der Waals surface area (Å²) in [7, 11) is -3.41. The zero-order valence-corrected chi connectivity index (χ0v) is 11.6. The van der Waals surface area contributed by atoms with E-state index in [1.165, 1.54) is 4.31 Å². The van der Waals surface area contributed by atoms with Crippen LogP contribution in [0.15, 0.2) is 16.3 Å². The summed E-state index contributed by atoms with van der Waals surface area (Å²) >= 11 is 1.14. The van der Waals surface area contributed by atoms with Crippen molar-refractivity contribution in [1.29, 1.82) is 0 Å². The Bertz CT molecular complexity index is 601. The van der Waals surface area contributed by atoms with Gasteiger partial charge in [0.15, 0.2) is 0 Å². The van der Waals surface area contributed by atoms with Gasteiger partial charge >= 0.3 is 0 Å². The number of nitrogens with zero attached hydrogens (tertiary/aromatic N) is 4. The second-order valence-electron chi connectivity index (χ2n) is 3.44. The van der Waals surface area contributed by atoms with E-state index in [2.05, 4.69) is 20.6 Å². The molecule has 0 aliphatic carbocycles. The summed E-state index contributed by atoms with van der Waals surface area (Å²) < 4.78 is 26.2. The first kappa shape index (κ1) is 13.1. The number of hydrogen-bond acceptors (Lipinski definition) is 6. The Labute approximate surface area is 109 Å². The Balaban J connectivity index is 2.36. The zero-order chi connectivity index (χ0) is 13.2. The molecule has 0 aliphatic rings. The highest BCUT2D eigenvalue weighted by Gasteiger charge is 2.24. The molecular formula is C9H13N5O2S2. The average molecular weight is 287 g/mol. The minimum Gasteiger partial charge on any atom is -0.206 e. The van der Waals surface area contributed by atoms with Crippen LogP contribution in [-0.4, -0.2) is 46.4 Å². The minimum absolute atomic E-state index is 0.297. The van der Waals surface area contributed by atoms with E-state index >= 15 is 0 Å². The zero-order valence-electron chi connectivity index (χ0n) is 9.99. The Hall–Kier alpha value is -1.32. The third kappa shape index (κ3) is 2.28. The van der Waals surface area contributed by atoms with Crippen LogP contribution in [0.3, 0.4) is 0 Å². The number of thiophene rings is 1. The van der Waals surface area contributed by atoms with E-state index in [-0.39, 0.29) is 0 Å². The smallest absolute Gasteiger partial charge is 0.206 e. The van der Waals surface area contributed by atoms with Gasteiger partial charge in [-0.05, 0) is 17.3 Å². The van der Waals surface area contributed by atoms with Crippen LogP contribution < -0.4 is 0 Å². The largest absolute Gasteiger partial charge is 0.252 e. The maximum absolute atomic E-state index is 12.2. The summed E-state index contributed by atoms with van der Waals surface area (Å²) in [6, 6.07) is 3.26. The Morgan fingerprint density at radius 2 is 2.06 bits per heavy atom. The predicted octanol–water partition coefficient (Wildman–Crippen LogP) is 0.959. The molecule has 0 fully saturated rings. The molecule has 2 rings (SSSR count). The van der Waals surface area contributed by atoms with E-state index in [0.29, 0.717) is 28.0 Å². The number of aromatic amines is 1. The van der Waals surface area contributed by atoms with Crippen LogP contribution in [0.2, 0.25) is 0 Å². The van der Waals surface area contributed by atoms with E-state index < -0.39 is 10.0 Å². The number of tetrazole rings is 1. The fourth-order valence-electron chi connectivity index (χ4n) is 1.54. The lowest BCUT2D eigenvalue weighted by Crippen LogP contribution is -2.29. The van der Waals surface area contributed by atoms with Crippen molar-refractivity contribution in [3.05, 3.63) is 12.1 Å². The molecule has 2 aromatic rings. The Morgan fingerprint density at radius 3 is 2.61 bits per heavy atom. The molecule has 0 bridgehead atoms. The molecule has 9 heteroatoms. The van der Waals surface area contributed by atoms with Gasteiger partial charge in [-0.15, -0.1) is 21.5 Å². The predicted molar refractivity (Wildman–Crippen MR) is 67.6 cm³/mol. The van der Waals surface area contributed by atoms with E-state index in [1.807, 2.05) is 13.8 Å². The third-order valence-electron chi connectivity index (χ3n) is 2.45. The van der Waals surface area contributed by atoms with Crippen LogP contribution >= 0.6 is 11.3 Å². The summed E-state index contributed by atoms with van der Waals surface area (Å²) in [4.78, 5) is 0.675. The molecule has 2 aromatic heterocycles. The lowest BCUT2D eigenvalue weighted by Gasteiger charge is -2.16. The molecule has 0 spiro atoms. The molecule has 0 atom stereocenters. The van der Waals surface area contributed by atoms with E-state index in [9.17, 15) is 8.42 Å². The van der Waals surface area contributed by atoms with Crippen molar-refractivity contribution in [1.82, 2.24) is 24.9 Å². The van der Waals surface area contributed by atoms with Crippen LogP contribution in [0.25, 0.3) is 10.7 Å². The van der Waals surface area contributed by atoms with Gasteiger partial charge in [0, 0.05) is 13.1 Å².